The number of aromatic nitrogens is 4. The summed E-state index contributed by atoms with van der Waals surface area (Å²) >= 11 is 6.00. The standard InChI is InChI=1S/C16H14ClN5O3/c17-10-3-1-4-11(7-10)22-14-12(8-19-22)16(24)21(9-18-14)20-15(23)13-5-2-6-25-13/h1,3-4,7-9,13H,2,5-6H2,(H,20,23)/t13-/m1/s1. The first-order chi connectivity index (χ1) is 12.1. The van der Waals surface area contributed by atoms with Crippen LogP contribution >= 0.6 is 11.6 Å². The number of nitrogens with one attached hydrogen (secondary N) is 1. The number of benzene rings is 1. The van der Waals surface area contributed by atoms with Gasteiger partial charge in [-0.25, -0.2) is 14.3 Å². The van der Waals surface area contributed by atoms with Crippen molar-refractivity contribution in [1.82, 2.24) is 19.4 Å². The fourth-order valence-corrected chi connectivity index (χ4v) is 2.95. The summed E-state index contributed by atoms with van der Waals surface area (Å²) in [6.45, 7) is 0.552. The van der Waals surface area contributed by atoms with Crippen LogP contribution < -0.4 is 11.0 Å². The minimum atomic E-state index is -0.531. The molecule has 9 heteroatoms. The molecule has 0 radical (unpaired) electrons. The van der Waals surface area contributed by atoms with Gasteiger partial charge in [0.1, 0.15) is 17.8 Å². The molecule has 1 aromatic carbocycles. The summed E-state index contributed by atoms with van der Waals surface area (Å²) in [5.74, 6) is -0.358. The van der Waals surface area contributed by atoms with Crippen molar-refractivity contribution in [1.29, 1.82) is 0 Å². The first-order valence-electron chi connectivity index (χ1n) is 7.77. The monoisotopic (exact) mass is 359 g/mol. The zero-order valence-electron chi connectivity index (χ0n) is 13.1. The summed E-state index contributed by atoms with van der Waals surface area (Å²) < 4.78 is 7.89. The molecule has 2 aromatic heterocycles. The maximum Gasteiger partial charge on any atom is 0.283 e. The van der Waals surface area contributed by atoms with Crippen LogP contribution in [0.1, 0.15) is 12.8 Å². The Morgan fingerprint density at radius 2 is 2.28 bits per heavy atom. The second kappa shape index (κ2) is 6.30. The van der Waals surface area contributed by atoms with Crippen LogP contribution in [0, 0.1) is 0 Å². The van der Waals surface area contributed by atoms with Crippen LogP contribution in [0.3, 0.4) is 0 Å². The van der Waals surface area contributed by atoms with Gasteiger partial charge in [-0.1, -0.05) is 17.7 Å². The number of carbonyl (C=O) groups excluding carboxylic acids is 1. The second-order valence-electron chi connectivity index (χ2n) is 5.67. The summed E-state index contributed by atoms with van der Waals surface area (Å²) in [7, 11) is 0. The zero-order chi connectivity index (χ0) is 17.4. The van der Waals surface area contributed by atoms with E-state index in [9.17, 15) is 9.59 Å². The largest absolute Gasteiger partial charge is 0.368 e. The molecule has 1 amide bonds. The van der Waals surface area contributed by atoms with Crippen molar-refractivity contribution in [3.05, 3.63) is 52.2 Å². The Labute approximate surface area is 147 Å². The van der Waals surface area contributed by atoms with Crippen LogP contribution in [0.4, 0.5) is 0 Å². The molecule has 1 fully saturated rings. The van der Waals surface area contributed by atoms with E-state index in [1.165, 1.54) is 17.2 Å². The first kappa shape index (κ1) is 15.8. The predicted molar refractivity (Wildman–Crippen MR) is 91.5 cm³/mol. The predicted octanol–water partition coefficient (Wildman–Crippen LogP) is 1.48. The van der Waals surface area contributed by atoms with Crippen molar-refractivity contribution in [2.45, 2.75) is 18.9 Å². The number of hydrogen-bond acceptors (Lipinski definition) is 5. The lowest BCUT2D eigenvalue weighted by Crippen LogP contribution is -2.38. The van der Waals surface area contributed by atoms with E-state index in [-0.39, 0.29) is 11.3 Å². The molecule has 0 unspecified atom stereocenters. The number of carbonyl (C=O) groups is 1. The summed E-state index contributed by atoms with van der Waals surface area (Å²) in [4.78, 5) is 28.9. The molecular formula is C16H14ClN5O3. The van der Waals surface area contributed by atoms with E-state index in [1.54, 1.807) is 18.2 Å². The average Bonchev–Trinajstić information content (AvgIpc) is 3.27. The van der Waals surface area contributed by atoms with E-state index in [0.29, 0.717) is 29.4 Å². The zero-order valence-corrected chi connectivity index (χ0v) is 13.8. The Balaban J connectivity index is 1.70. The Kier molecular flexibility index (Phi) is 3.98. The van der Waals surface area contributed by atoms with Gasteiger partial charge in [0.25, 0.3) is 11.5 Å². The van der Waals surface area contributed by atoms with Crippen LogP contribution in [-0.2, 0) is 9.53 Å². The van der Waals surface area contributed by atoms with E-state index in [0.717, 1.165) is 11.1 Å². The molecular weight excluding hydrogens is 346 g/mol. The average molecular weight is 360 g/mol. The number of rotatable bonds is 3. The van der Waals surface area contributed by atoms with Gasteiger partial charge in [0, 0.05) is 11.6 Å². The van der Waals surface area contributed by atoms with Gasteiger partial charge in [-0.2, -0.15) is 5.10 Å². The number of ether oxygens (including phenoxy) is 1. The molecule has 1 saturated heterocycles. The SMILES string of the molecule is O=C(Nn1cnc2c(cnn2-c2cccc(Cl)c2)c1=O)[C@H]1CCCO1. The second-order valence-corrected chi connectivity index (χ2v) is 6.11. The van der Waals surface area contributed by atoms with Gasteiger partial charge in [-0.3, -0.25) is 15.0 Å². The topological polar surface area (TPSA) is 91.0 Å². The molecule has 3 aromatic rings. The first-order valence-corrected chi connectivity index (χ1v) is 8.15. The minimum Gasteiger partial charge on any atom is -0.368 e. The third-order valence-corrected chi connectivity index (χ3v) is 4.23. The van der Waals surface area contributed by atoms with Crippen molar-refractivity contribution in [2.24, 2.45) is 0 Å². The highest BCUT2D eigenvalue weighted by Crippen LogP contribution is 2.17. The number of amides is 1. The molecule has 25 heavy (non-hydrogen) atoms. The molecule has 1 aliphatic heterocycles. The molecule has 8 nitrogen and oxygen atoms in total. The minimum absolute atomic E-state index is 0.287. The third kappa shape index (κ3) is 2.90. The van der Waals surface area contributed by atoms with Gasteiger partial charge in [0.2, 0.25) is 0 Å². The number of halogens is 1. The van der Waals surface area contributed by atoms with Crippen LogP contribution in [0.5, 0.6) is 0 Å². The smallest absolute Gasteiger partial charge is 0.283 e. The quantitative estimate of drug-likeness (QED) is 0.765. The summed E-state index contributed by atoms with van der Waals surface area (Å²) in [5.41, 5.74) is 3.18. The molecule has 0 aliphatic carbocycles. The van der Waals surface area contributed by atoms with Crippen LogP contribution in [0.15, 0.2) is 41.6 Å². The Morgan fingerprint density at radius 1 is 1.40 bits per heavy atom. The molecule has 1 aliphatic rings. The highest BCUT2D eigenvalue weighted by Gasteiger charge is 2.24. The van der Waals surface area contributed by atoms with Crippen molar-refractivity contribution < 1.29 is 9.53 Å². The van der Waals surface area contributed by atoms with Gasteiger partial charge in [0.05, 0.1) is 11.9 Å². The molecule has 1 N–H and O–H groups in total. The highest BCUT2D eigenvalue weighted by atomic mass is 35.5. The van der Waals surface area contributed by atoms with Crippen LogP contribution in [0.25, 0.3) is 16.7 Å². The van der Waals surface area contributed by atoms with Gasteiger partial charge in [-0.05, 0) is 31.0 Å². The van der Waals surface area contributed by atoms with Crippen LogP contribution in [-0.4, -0.2) is 38.1 Å². The lowest BCUT2D eigenvalue weighted by atomic mass is 10.2. The van der Waals surface area contributed by atoms with Crippen LogP contribution in [0.2, 0.25) is 5.02 Å². The molecule has 0 bridgehead atoms. The molecule has 4 rings (SSSR count). The molecule has 3 heterocycles. The maximum absolute atomic E-state index is 12.6. The van der Waals surface area contributed by atoms with Crippen molar-refractivity contribution in [3.63, 3.8) is 0 Å². The van der Waals surface area contributed by atoms with Crippen molar-refractivity contribution in [3.8, 4) is 5.69 Å². The fraction of sp³-hybridized carbons (Fsp3) is 0.250. The normalized spacial score (nSPS) is 17.1. The van der Waals surface area contributed by atoms with E-state index in [4.69, 9.17) is 16.3 Å². The number of nitrogens with zero attached hydrogens (tertiary/aromatic N) is 4. The van der Waals surface area contributed by atoms with Gasteiger partial charge < -0.3 is 4.74 Å². The Bertz CT molecular complexity index is 1010. The van der Waals surface area contributed by atoms with Gasteiger partial charge in [0.15, 0.2) is 5.65 Å². The molecule has 0 spiro atoms. The van der Waals surface area contributed by atoms with Crippen molar-refractivity contribution >= 4 is 28.5 Å². The number of fused-ring (bicyclic) bond motifs is 1. The summed E-state index contributed by atoms with van der Waals surface area (Å²) in [6.07, 6.45) is 3.62. The van der Waals surface area contributed by atoms with E-state index < -0.39 is 11.7 Å². The van der Waals surface area contributed by atoms with E-state index in [1.807, 2.05) is 6.07 Å². The lowest BCUT2D eigenvalue weighted by molar-refractivity contribution is -0.125. The molecule has 128 valence electrons. The summed E-state index contributed by atoms with van der Waals surface area (Å²) in [5, 5.41) is 5.05. The van der Waals surface area contributed by atoms with Gasteiger partial charge in [-0.15, -0.1) is 0 Å². The third-order valence-electron chi connectivity index (χ3n) is 3.99. The van der Waals surface area contributed by atoms with E-state index in [2.05, 4.69) is 15.5 Å². The summed E-state index contributed by atoms with van der Waals surface area (Å²) in [6, 6.07) is 7.07. The lowest BCUT2D eigenvalue weighted by Gasteiger charge is -2.11. The highest BCUT2D eigenvalue weighted by molar-refractivity contribution is 6.30. The van der Waals surface area contributed by atoms with Gasteiger partial charge >= 0.3 is 0 Å². The Hall–Kier alpha value is -2.71. The molecule has 1 atom stereocenters. The van der Waals surface area contributed by atoms with Crippen molar-refractivity contribution in [2.75, 3.05) is 12.0 Å². The fourth-order valence-electron chi connectivity index (χ4n) is 2.76. The number of hydrogen-bond donors (Lipinski definition) is 1. The maximum atomic E-state index is 12.6. The Morgan fingerprint density at radius 3 is 3.04 bits per heavy atom. The molecule has 0 saturated carbocycles. The van der Waals surface area contributed by atoms with E-state index >= 15 is 0 Å².